The molecule has 4 nitrogen and oxygen atoms in total. The lowest BCUT2D eigenvalue weighted by Crippen LogP contribution is -2.52. The molecule has 1 atom stereocenters. The van der Waals surface area contributed by atoms with Crippen molar-refractivity contribution in [1.29, 1.82) is 0 Å². The Labute approximate surface area is 169 Å². The van der Waals surface area contributed by atoms with Crippen LogP contribution in [0, 0.1) is 27.7 Å². The number of carbonyl (C=O) groups is 1. The minimum absolute atomic E-state index is 0.0856. The first-order valence-corrected chi connectivity index (χ1v) is 10.2. The number of hydrogen-bond donors (Lipinski definition) is 1. The van der Waals surface area contributed by atoms with Crippen LogP contribution in [0.4, 0.5) is 5.69 Å². The fourth-order valence-electron chi connectivity index (χ4n) is 4.11. The Morgan fingerprint density at radius 1 is 0.964 bits per heavy atom. The van der Waals surface area contributed by atoms with Gasteiger partial charge in [0.25, 0.3) is 0 Å². The third-order valence-corrected chi connectivity index (χ3v) is 5.91. The maximum Gasteiger partial charge on any atom is 0.241 e. The monoisotopic (exact) mass is 379 g/mol. The van der Waals surface area contributed by atoms with Crippen molar-refractivity contribution in [1.82, 2.24) is 9.80 Å². The van der Waals surface area contributed by atoms with Crippen LogP contribution in [0.2, 0.25) is 0 Å². The zero-order valence-corrected chi connectivity index (χ0v) is 17.9. The summed E-state index contributed by atoms with van der Waals surface area (Å²) in [6, 6.07) is 12.7. The second kappa shape index (κ2) is 8.89. The third kappa shape index (κ3) is 4.81. The van der Waals surface area contributed by atoms with Gasteiger partial charge in [0.1, 0.15) is 0 Å². The van der Waals surface area contributed by atoms with E-state index in [2.05, 4.69) is 79.2 Å². The molecule has 2 aromatic carbocycles. The highest BCUT2D eigenvalue weighted by molar-refractivity contribution is 5.96. The van der Waals surface area contributed by atoms with Crippen molar-refractivity contribution in [2.45, 2.75) is 47.2 Å². The number of hydrogen-bond acceptors (Lipinski definition) is 3. The summed E-state index contributed by atoms with van der Waals surface area (Å²) in [6.07, 6.45) is 0. The number of anilines is 1. The van der Waals surface area contributed by atoms with E-state index in [0.29, 0.717) is 0 Å². The van der Waals surface area contributed by atoms with Crippen molar-refractivity contribution in [3.8, 4) is 0 Å². The predicted molar refractivity (Wildman–Crippen MR) is 117 cm³/mol. The summed E-state index contributed by atoms with van der Waals surface area (Å²) in [6.45, 7) is 15.2. The zero-order chi connectivity index (χ0) is 20.3. The maximum absolute atomic E-state index is 12.9. The van der Waals surface area contributed by atoms with Crippen LogP contribution in [0.25, 0.3) is 0 Å². The minimum atomic E-state index is -0.124. The third-order valence-electron chi connectivity index (χ3n) is 5.91. The van der Waals surface area contributed by atoms with E-state index in [4.69, 9.17) is 0 Å². The van der Waals surface area contributed by atoms with E-state index < -0.39 is 0 Å². The molecule has 0 spiro atoms. The summed E-state index contributed by atoms with van der Waals surface area (Å²) >= 11 is 0. The first-order valence-electron chi connectivity index (χ1n) is 10.2. The molecule has 1 N–H and O–H groups in total. The van der Waals surface area contributed by atoms with Crippen LogP contribution >= 0.6 is 0 Å². The van der Waals surface area contributed by atoms with Gasteiger partial charge in [-0.3, -0.25) is 14.6 Å². The van der Waals surface area contributed by atoms with E-state index in [1.54, 1.807) is 0 Å². The number of piperazine rings is 1. The average molecular weight is 380 g/mol. The summed E-state index contributed by atoms with van der Waals surface area (Å²) in [5, 5.41) is 3.17. The Balaban J connectivity index is 1.55. The SMILES string of the molecule is Cc1cc(C)c(NC(=O)[C@@H](C)N2CCN(Cc3ccccc3C)CC2)c(C)c1. The van der Waals surface area contributed by atoms with Gasteiger partial charge in [-0.2, -0.15) is 0 Å². The highest BCUT2D eigenvalue weighted by atomic mass is 16.2. The minimum Gasteiger partial charge on any atom is -0.324 e. The van der Waals surface area contributed by atoms with Crippen molar-refractivity contribution < 1.29 is 4.79 Å². The number of nitrogens with one attached hydrogen (secondary N) is 1. The van der Waals surface area contributed by atoms with E-state index in [1.807, 2.05) is 6.92 Å². The summed E-state index contributed by atoms with van der Waals surface area (Å²) in [5.74, 6) is 0.0856. The van der Waals surface area contributed by atoms with Crippen LogP contribution in [0.15, 0.2) is 36.4 Å². The Hall–Kier alpha value is -2.17. The normalized spacial score (nSPS) is 16.8. The Kier molecular flexibility index (Phi) is 6.53. The van der Waals surface area contributed by atoms with Crippen molar-refractivity contribution in [3.05, 3.63) is 64.2 Å². The molecular weight excluding hydrogens is 346 g/mol. The molecule has 0 bridgehead atoms. The Bertz CT molecular complexity index is 814. The highest BCUT2D eigenvalue weighted by Crippen LogP contribution is 2.22. The summed E-state index contributed by atoms with van der Waals surface area (Å²) in [4.78, 5) is 17.6. The molecule has 2 aromatic rings. The number of nitrogens with zero attached hydrogens (tertiary/aromatic N) is 2. The van der Waals surface area contributed by atoms with Gasteiger partial charge in [0, 0.05) is 38.4 Å². The lowest BCUT2D eigenvalue weighted by atomic mass is 10.0. The van der Waals surface area contributed by atoms with Crippen LogP contribution in [0.3, 0.4) is 0 Å². The molecule has 0 aliphatic carbocycles. The standard InChI is InChI=1S/C24H33N3O/c1-17-14-19(3)23(20(4)15-17)25-24(28)21(5)27-12-10-26(11-13-27)16-22-9-7-6-8-18(22)2/h6-9,14-15,21H,10-13,16H2,1-5H3,(H,25,28)/t21-/m1/s1. The van der Waals surface area contributed by atoms with Gasteiger partial charge in [-0.15, -0.1) is 0 Å². The van der Waals surface area contributed by atoms with Crippen LogP contribution in [-0.4, -0.2) is 47.9 Å². The molecule has 150 valence electrons. The van der Waals surface area contributed by atoms with Crippen LogP contribution in [-0.2, 0) is 11.3 Å². The molecule has 1 aliphatic heterocycles. The molecule has 0 unspecified atom stereocenters. The van der Waals surface area contributed by atoms with Crippen LogP contribution < -0.4 is 5.32 Å². The molecule has 3 rings (SSSR count). The van der Waals surface area contributed by atoms with E-state index in [1.165, 1.54) is 16.7 Å². The number of rotatable bonds is 5. The first-order chi connectivity index (χ1) is 13.3. The van der Waals surface area contributed by atoms with E-state index in [0.717, 1.165) is 49.5 Å². The number of aryl methyl sites for hydroxylation is 4. The maximum atomic E-state index is 12.9. The van der Waals surface area contributed by atoms with Crippen molar-refractivity contribution >= 4 is 11.6 Å². The van der Waals surface area contributed by atoms with Crippen molar-refractivity contribution in [2.24, 2.45) is 0 Å². The average Bonchev–Trinajstić information content (AvgIpc) is 2.66. The number of amides is 1. The molecule has 0 saturated carbocycles. The largest absolute Gasteiger partial charge is 0.324 e. The number of benzene rings is 2. The van der Waals surface area contributed by atoms with Gasteiger partial charge in [0.05, 0.1) is 6.04 Å². The van der Waals surface area contributed by atoms with Crippen LogP contribution in [0.1, 0.15) is 34.7 Å². The highest BCUT2D eigenvalue weighted by Gasteiger charge is 2.26. The first kappa shape index (κ1) is 20.6. The van der Waals surface area contributed by atoms with Crippen molar-refractivity contribution in [2.75, 3.05) is 31.5 Å². The molecule has 28 heavy (non-hydrogen) atoms. The predicted octanol–water partition coefficient (Wildman–Crippen LogP) is 4.07. The van der Waals surface area contributed by atoms with Gasteiger partial charge < -0.3 is 5.32 Å². The van der Waals surface area contributed by atoms with Gasteiger partial charge in [-0.05, 0) is 56.9 Å². The fraction of sp³-hybridized carbons (Fsp3) is 0.458. The topological polar surface area (TPSA) is 35.6 Å². The summed E-state index contributed by atoms with van der Waals surface area (Å²) in [5.41, 5.74) is 7.18. The van der Waals surface area contributed by atoms with Crippen molar-refractivity contribution in [3.63, 3.8) is 0 Å². The van der Waals surface area contributed by atoms with Gasteiger partial charge in [0.2, 0.25) is 5.91 Å². The Morgan fingerprint density at radius 3 is 2.18 bits per heavy atom. The van der Waals surface area contributed by atoms with E-state index in [-0.39, 0.29) is 11.9 Å². The lowest BCUT2D eigenvalue weighted by molar-refractivity contribution is -0.121. The van der Waals surface area contributed by atoms with Gasteiger partial charge in [-0.1, -0.05) is 42.0 Å². The molecule has 0 radical (unpaired) electrons. The fourth-order valence-corrected chi connectivity index (χ4v) is 4.11. The molecule has 1 heterocycles. The molecule has 0 aromatic heterocycles. The molecule has 4 heteroatoms. The smallest absolute Gasteiger partial charge is 0.241 e. The zero-order valence-electron chi connectivity index (χ0n) is 17.9. The molecule has 1 saturated heterocycles. The molecular formula is C24H33N3O. The summed E-state index contributed by atoms with van der Waals surface area (Å²) < 4.78 is 0. The quantitative estimate of drug-likeness (QED) is 0.851. The van der Waals surface area contributed by atoms with E-state index in [9.17, 15) is 4.79 Å². The molecule has 1 fully saturated rings. The number of carbonyl (C=O) groups excluding carboxylic acids is 1. The Morgan fingerprint density at radius 2 is 1.57 bits per heavy atom. The lowest BCUT2D eigenvalue weighted by Gasteiger charge is -2.37. The van der Waals surface area contributed by atoms with Crippen LogP contribution in [0.5, 0.6) is 0 Å². The molecule has 1 amide bonds. The van der Waals surface area contributed by atoms with Gasteiger partial charge in [-0.25, -0.2) is 0 Å². The van der Waals surface area contributed by atoms with E-state index >= 15 is 0 Å². The summed E-state index contributed by atoms with van der Waals surface area (Å²) in [7, 11) is 0. The molecule has 1 aliphatic rings. The second-order valence-electron chi connectivity index (χ2n) is 8.18. The van der Waals surface area contributed by atoms with Gasteiger partial charge in [0.15, 0.2) is 0 Å². The van der Waals surface area contributed by atoms with Gasteiger partial charge >= 0.3 is 0 Å². The second-order valence-corrected chi connectivity index (χ2v) is 8.18.